The molecular formula is C44H30BO2. The second-order valence-corrected chi connectivity index (χ2v) is 11.7. The third kappa shape index (κ3) is 6.25. The van der Waals surface area contributed by atoms with Gasteiger partial charge in [0, 0.05) is 0 Å². The van der Waals surface area contributed by atoms with Gasteiger partial charge in [-0.15, -0.1) is 0 Å². The van der Waals surface area contributed by atoms with E-state index in [1.807, 2.05) is 24.3 Å². The van der Waals surface area contributed by atoms with Crippen molar-refractivity contribution in [3.8, 4) is 56.0 Å². The van der Waals surface area contributed by atoms with Gasteiger partial charge in [0.25, 0.3) is 0 Å². The Bertz CT molecular complexity index is 2120. The fourth-order valence-electron chi connectivity index (χ4n) is 6.04. The van der Waals surface area contributed by atoms with Crippen molar-refractivity contribution < 1.29 is 9.31 Å². The van der Waals surface area contributed by atoms with Gasteiger partial charge in [0.2, 0.25) is 0 Å². The number of fused-ring (bicyclic) bond motifs is 2. The summed E-state index contributed by atoms with van der Waals surface area (Å²) in [4.78, 5) is 0. The predicted octanol–water partition coefficient (Wildman–Crippen LogP) is 11.7. The number of hydrogen-bond donors (Lipinski definition) is 0. The second-order valence-electron chi connectivity index (χ2n) is 11.7. The Balaban J connectivity index is 0.856. The minimum Gasteiger partial charge on any atom is -0.526 e. The normalized spacial score (nSPS) is 11.0. The van der Waals surface area contributed by atoms with E-state index >= 15 is 0 Å². The minimum atomic E-state index is 0.713. The maximum Gasteiger partial charge on any atom is 0.658 e. The maximum atomic E-state index is 5.76. The molecule has 0 aromatic heterocycles. The van der Waals surface area contributed by atoms with Gasteiger partial charge in [-0.05, 0) is 102 Å². The highest BCUT2D eigenvalue weighted by molar-refractivity contribution is 6.20. The summed E-state index contributed by atoms with van der Waals surface area (Å²) < 4.78 is 11.5. The van der Waals surface area contributed by atoms with Crippen LogP contribution in [0.4, 0.5) is 0 Å². The molecule has 0 unspecified atom stereocenters. The van der Waals surface area contributed by atoms with E-state index in [4.69, 9.17) is 9.31 Å². The molecule has 47 heavy (non-hydrogen) atoms. The SMILES string of the molecule is [B](Oc1ccc(-c2ccc(-c3ccc4ccccc4c3)cc2)cc1)Oc1ccc(-c2ccc(-c3ccc4ccccc4c3)cc2)cc1. The molecule has 8 rings (SSSR count). The van der Waals surface area contributed by atoms with Gasteiger partial charge in [-0.25, -0.2) is 0 Å². The van der Waals surface area contributed by atoms with Crippen molar-refractivity contribution in [3.63, 3.8) is 0 Å². The van der Waals surface area contributed by atoms with Crippen LogP contribution in [-0.4, -0.2) is 7.69 Å². The van der Waals surface area contributed by atoms with Gasteiger partial charge < -0.3 is 9.31 Å². The largest absolute Gasteiger partial charge is 0.658 e. The van der Waals surface area contributed by atoms with Crippen LogP contribution in [0.1, 0.15) is 0 Å². The topological polar surface area (TPSA) is 18.5 Å². The van der Waals surface area contributed by atoms with Crippen molar-refractivity contribution in [3.05, 3.63) is 182 Å². The van der Waals surface area contributed by atoms with Crippen LogP contribution >= 0.6 is 0 Å². The van der Waals surface area contributed by atoms with Gasteiger partial charge in [-0.2, -0.15) is 0 Å². The maximum absolute atomic E-state index is 5.76. The fourth-order valence-corrected chi connectivity index (χ4v) is 6.04. The first-order valence-corrected chi connectivity index (χ1v) is 15.8. The van der Waals surface area contributed by atoms with Gasteiger partial charge in [0.1, 0.15) is 11.5 Å². The summed E-state index contributed by atoms with van der Waals surface area (Å²) in [5.74, 6) is 1.43. The molecule has 0 aliphatic carbocycles. The van der Waals surface area contributed by atoms with Crippen molar-refractivity contribution in [1.29, 1.82) is 0 Å². The number of benzene rings is 8. The third-order valence-corrected chi connectivity index (χ3v) is 8.68. The average Bonchev–Trinajstić information content (AvgIpc) is 3.15. The first-order chi connectivity index (χ1) is 23.2. The summed E-state index contributed by atoms with van der Waals surface area (Å²) >= 11 is 0. The van der Waals surface area contributed by atoms with Gasteiger partial charge in [-0.1, -0.05) is 146 Å². The number of rotatable bonds is 8. The first-order valence-electron chi connectivity index (χ1n) is 15.8. The van der Waals surface area contributed by atoms with E-state index in [2.05, 4.69) is 158 Å². The average molecular weight is 602 g/mol. The summed E-state index contributed by atoms with van der Waals surface area (Å²) in [5.41, 5.74) is 9.41. The highest BCUT2D eigenvalue weighted by atomic mass is 16.6. The van der Waals surface area contributed by atoms with Gasteiger partial charge in [0.15, 0.2) is 0 Å². The monoisotopic (exact) mass is 601 g/mol. The summed E-state index contributed by atoms with van der Waals surface area (Å²) in [6.45, 7) is 0. The molecule has 0 spiro atoms. The highest BCUT2D eigenvalue weighted by Gasteiger charge is 2.07. The molecule has 0 saturated heterocycles. The molecule has 221 valence electrons. The molecule has 0 amide bonds. The Kier molecular flexibility index (Phi) is 7.71. The fraction of sp³-hybridized carbons (Fsp3) is 0. The molecule has 2 nitrogen and oxygen atoms in total. The van der Waals surface area contributed by atoms with Crippen molar-refractivity contribution in [2.75, 3.05) is 0 Å². The van der Waals surface area contributed by atoms with Crippen molar-refractivity contribution in [2.24, 2.45) is 0 Å². The molecule has 0 fully saturated rings. The lowest BCUT2D eigenvalue weighted by Crippen LogP contribution is -2.10. The summed E-state index contributed by atoms with van der Waals surface area (Å²) in [7, 11) is 1.38. The Morgan fingerprint density at radius 1 is 0.255 bits per heavy atom. The summed E-state index contributed by atoms with van der Waals surface area (Å²) in [6, 6.07) is 63.6. The lowest BCUT2D eigenvalue weighted by atomic mass is 9.98. The van der Waals surface area contributed by atoms with Crippen LogP contribution in [0.3, 0.4) is 0 Å². The van der Waals surface area contributed by atoms with Crippen LogP contribution in [0.15, 0.2) is 182 Å². The molecule has 0 aliphatic heterocycles. The van der Waals surface area contributed by atoms with E-state index in [9.17, 15) is 0 Å². The molecule has 0 bridgehead atoms. The Hall–Kier alpha value is -6.06. The lowest BCUT2D eigenvalue weighted by molar-refractivity contribution is 0.459. The molecule has 1 radical (unpaired) electrons. The van der Waals surface area contributed by atoms with E-state index in [0.717, 1.165) is 22.3 Å². The molecule has 8 aromatic rings. The predicted molar refractivity (Wildman–Crippen MR) is 197 cm³/mol. The lowest BCUT2D eigenvalue weighted by Gasteiger charge is -2.10. The molecule has 3 heteroatoms. The Labute approximate surface area is 275 Å². The van der Waals surface area contributed by atoms with Crippen molar-refractivity contribution >= 4 is 29.2 Å². The van der Waals surface area contributed by atoms with Crippen LogP contribution in [0.25, 0.3) is 66.1 Å². The Morgan fingerprint density at radius 3 is 0.894 bits per heavy atom. The highest BCUT2D eigenvalue weighted by Crippen LogP contribution is 2.30. The molecule has 0 atom stereocenters. The molecule has 0 heterocycles. The second kappa shape index (κ2) is 12.7. The smallest absolute Gasteiger partial charge is 0.526 e. The Morgan fingerprint density at radius 2 is 0.532 bits per heavy atom. The van der Waals surface area contributed by atoms with E-state index in [-0.39, 0.29) is 0 Å². The molecule has 0 aliphatic rings. The minimum absolute atomic E-state index is 0.713. The molecule has 0 saturated carbocycles. The van der Waals surface area contributed by atoms with Crippen molar-refractivity contribution in [2.45, 2.75) is 0 Å². The molecule has 8 aromatic carbocycles. The van der Waals surface area contributed by atoms with Gasteiger partial charge in [-0.3, -0.25) is 0 Å². The zero-order chi connectivity index (χ0) is 31.4. The van der Waals surface area contributed by atoms with Crippen LogP contribution in [0.2, 0.25) is 0 Å². The van der Waals surface area contributed by atoms with E-state index in [0.29, 0.717) is 11.5 Å². The van der Waals surface area contributed by atoms with Crippen LogP contribution in [-0.2, 0) is 0 Å². The van der Waals surface area contributed by atoms with Crippen LogP contribution in [0, 0.1) is 0 Å². The first kappa shape index (κ1) is 28.4. The standard InChI is InChI=1S/C44H30BO2/c1-3-7-39-29-41(19-17-31(39)5-1)37-13-9-33(10-14-37)35-21-25-43(26-22-35)46-45-47-44-27-23-36(24-28-44)34-11-15-38(16-12-34)42-20-18-32-6-2-4-8-40(32)30-42/h1-30H. The van der Waals surface area contributed by atoms with E-state index < -0.39 is 0 Å². The third-order valence-electron chi connectivity index (χ3n) is 8.68. The van der Waals surface area contributed by atoms with E-state index in [1.165, 1.54) is 51.5 Å². The van der Waals surface area contributed by atoms with Gasteiger partial charge in [0.05, 0.1) is 0 Å². The molecule has 0 N–H and O–H groups in total. The van der Waals surface area contributed by atoms with E-state index in [1.54, 1.807) is 0 Å². The summed E-state index contributed by atoms with van der Waals surface area (Å²) in [6.07, 6.45) is 0. The van der Waals surface area contributed by atoms with Crippen LogP contribution < -0.4 is 9.31 Å². The zero-order valence-corrected chi connectivity index (χ0v) is 25.7. The molecular weight excluding hydrogens is 571 g/mol. The zero-order valence-electron chi connectivity index (χ0n) is 25.7. The van der Waals surface area contributed by atoms with Crippen LogP contribution in [0.5, 0.6) is 11.5 Å². The quantitative estimate of drug-likeness (QED) is 0.161. The van der Waals surface area contributed by atoms with Crippen molar-refractivity contribution in [1.82, 2.24) is 0 Å². The summed E-state index contributed by atoms with van der Waals surface area (Å²) in [5, 5.41) is 5.01. The number of hydrogen-bond acceptors (Lipinski definition) is 2. The van der Waals surface area contributed by atoms with Gasteiger partial charge >= 0.3 is 7.69 Å².